The maximum absolute atomic E-state index is 13.3. The van der Waals surface area contributed by atoms with Crippen LogP contribution in [0.1, 0.15) is 30.5 Å². The van der Waals surface area contributed by atoms with Crippen LogP contribution < -0.4 is 15.5 Å². The highest BCUT2D eigenvalue weighted by atomic mass is 79.9. The monoisotopic (exact) mass is 515 g/mol. The van der Waals surface area contributed by atoms with Gasteiger partial charge in [-0.2, -0.15) is 0 Å². The van der Waals surface area contributed by atoms with Crippen LogP contribution in [0.5, 0.6) is 0 Å². The van der Waals surface area contributed by atoms with Gasteiger partial charge in [-0.3, -0.25) is 14.6 Å². The molecule has 0 aliphatic carbocycles. The van der Waals surface area contributed by atoms with E-state index in [1.165, 1.54) is 11.1 Å². The Morgan fingerprint density at radius 2 is 1.73 bits per heavy atom. The third-order valence-corrected chi connectivity index (χ3v) is 6.26. The summed E-state index contributed by atoms with van der Waals surface area (Å²) in [7, 11) is 1.80. The third kappa shape index (κ3) is 7.03. The summed E-state index contributed by atoms with van der Waals surface area (Å²) in [6.07, 6.45) is 0. The number of rotatable bonds is 10. The number of nitrogens with one attached hydrogen (secondary N) is 2. The number of halogens is 1. The molecule has 0 bridgehead atoms. The van der Waals surface area contributed by atoms with Crippen LogP contribution in [0, 0.1) is 6.92 Å². The molecule has 2 N–H and O–H groups in total. The molecule has 2 aromatic carbocycles. The summed E-state index contributed by atoms with van der Waals surface area (Å²) in [4.78, 5) is 27.8. The molecule has 0 saturated heterocycles. The first-order chi connectivity index (χ1) is 15.7. The Hall–Kier alpha value is -2.42. The van der Waals surface area contributed by atoms with Gasteiger partial charge >= 0.3 is 0 Å². The Balaban J connectivity index is 1.67. The lowest BCUT2D eigenvalue weighted by Crippen LogP contribution is -2.48. The molecule has 0 spiro atoms. The van der Waals surface area contributed by atoms with Crippen LogP contribution >= 0.6 is 15.9 Å². The summed E-state index contributed by atoms with van der Waals surface area (Å²) < 4.78 is 0.964. The standard InChI is InChI=1S/C25H34BrN5O2/c1-18(2)27-11-12-28-24(32)16-30(23-10-9-22(26)13-19(23)3)17-25(33)29(4)31-14-20-7-5-6-8-21(20)15-31/h5-10,13,18,27H,11-12,14-17H2,1-4H3,(H,28,32). The van der Waals surface area contributed by atoms with E-state index in [-0.39, 0.29) is 24.9 Å². The van der Waals surface area contributed by atoms with Gasteiger partial charge in [0.05, 0.1) is 13.1 Å². The number of anilines is 1. The first kappa shape index (κ1) is 25.2. The molecule has 0 unspecified atom stereocenters. The highest BCUT2D eigenvalue weighted by Crippen LogP contribution is 2.26. The van der Waals surface area contributed by atoms with Crippen molar-refractivity contribution < 1.29 is 9.59 Å². The van der Waals surface area contributed by atoms with E-state index in [4.69, 9.17) is 0 Å². The Labute approximate surface area is 205 Å². The molecule has 0 aromatic heterocycles. The smallest absolute Gasteiger partial charge is 0.256 e. The summed E-state index contributed by atoms with van der Waals surface area (Å²) in [5.41, 5.74) is 4.36. The molecular formula is C25H34BrN5O2. The van der Waals surface area contributed by atoms with Crippen molar-refractivity contribution in [2.75, 3.05) is 38.1 Å². The highest BCUT2D eigenvalue weighted by Gasteiger charge is 2.26. The number of fused-ring (bicyclic) bond motifs is 1. The van der Waals surface area contributed by atoms with Crippen molar-refractivity contribution in [2.45, 2.75) is 39.9 Å². The lowest BCUT2D eigenvalue weighted by Gasteiger charge is -2.32. The first-order valence-electron chi connectivity index (χ1n) is 11.3. The number of benzene rings is 2. The lowest BCUT2D eigenvalue weighted by molar-refractivity contribution is -0.145. The maximum atomic E-state index is 13.3. The summed E-state index contributed by atoms with van der Waals surface area (Å²) in [6.45, 7) is 9.03. The molecule has 2 aromatic rings. The van der Waals surface area contributed by atoms with Gasteiger partial charge in [-0.1, -0.05) is 54.0 Å². The fraction of sp³-hybridized carbons (Fsp3) is 0.440. The number of likely N-dealkylation sites (N-methyl/N-ethyl adjacent to an activating group) is 1. The van der Waals surface area contributed by atoms with Crippen molar-refractivity contribution in [3.05, 3.63) is 63.6 Å². The molecule has 0 atom stereocenters. The molecule has 1 heterocycles. The SMILES string of the molecule is Cc1cc(Br)ccc1N(CC(=O)NCCNC(C)C)CC(=O)N(C)N1Cc2ccccc2C1. The maximum Gasteiger partial charge on any atom is 0.256 e. The second-order valence-corrected chi connectivity index (χ2v) is 9.67. The van der Waals surface area contributed by atoms with Crippen LogP contribution in [0.25, 0.3) is 0 Å². The van der Waals surface area contributed by atoms with Crippen LogP contribution in [0.3, 0.4) is 0 Å². The molecule has 1 aliphatic rings. The van der Waals surface area contributed by atoms with Crippen molar-refractivity contribution in [1.29, 1.82) is 0 Å². The van der Waals surface area contributed by atoms with Gasteiger partial charge in [0, 0.05) is 49.4 Å². The average molecular weight is 516 g/mol. The predicted molar refractivity (Wildman–Crippen MR) is 136 cm³/mol. The van der Waals surface area contributed by atoms with Gasteiger partial charge in [-0.05, 0) is 41.8 Å². The van der Waals surface area contributed by atoms with E-state index in [9.17, 15) is 9.59 Å². The Morgan fingerprint density at radius 1 is 1.06 bits per heavy atom. The van der Waals surface area contributed by atoms with Crippen molar-refractivity contribution >= 4 is 33.4 Å². The van der Waals surface area contributed by atoms with Gasteiger partial charge < -0.3 is 15.5 Å². The number of carbonyl (C=O) groups excluding carboxylic acids is 2. The minimum Gasteiger partial charge on any atom is -0.353 e. The number of hydrazine groups is 1. The van der Waals surface area contributed by atoms with Crippen molar-refractivity contribution in [3.63, 3.8) is 0 Å². The second-order valence-electron chi connectivity index (χ2n) is 8.75. The molecule has 178 valence electrons. The summed E-state index contributed by atoms with van der Waals surface area (Å²) in [5.74, 6) is -0.161. The van der Waals surface area contributed by atoms with Crippen molar-refractivity contribution in [3.8, 4) is 0 Å². The zero-order valence-corrected chi connectivity index (χ0v) is 21.5. The van der Waals surface area contributed by atoms with Crippen molar-refractivity contribution in [1.82, 2.24) is 20.7 Å². The fourth-order valence-electron chi connectivity index (χ4n) is 3.94. The van der Waals surface area contributed by atoms with Gasteiger partial charge in [0.15, 0.2) is 0 Å². The molecule has 1 aliphatic heterocycles. The highest BCUT2D eigenvalue weighted by molar-refractivity contribution is 9.10. The summed E-state index contributed by atoms with van der Waals surface area (Å²) >= 11 is 3.50. The molecule has 0 saturated carbocycles. The van der Waals surface area contributed by atoms with Crippen LogP contribution in [0.4, 0.5) is 5.69 Å². The van der Waals surface area contributed by atoms with Crippen LogP contribution in [-0.2, 0) is 22.7 Å². The molecule has 33 heavy (non-hydrogen) atoms. The quantitative estimate of drug-likeness (QED) is 0.476. The number of hydrogen-bond acceptors (Lipinski definition) is 5. The predicted octanol–water partition coefficient (Wildman–Crippen LogP) is 3.07. The first-order valence-corrected chi connectivity index (χ1v) is 12.1. The molecule has 2 amide bonds. The van der Waals surface area contributed by atoms with E-state index < -0.39 is 0 Å². The molecular weight excluding hydrogens is 482 g/mol. The van der Waals surface area contributed by atoms with Gasteiger partial charge in [0.1, 0.15) is 0 Å². The van der Waals surface area contributed by atoms with Gasteiger partial charge in [0.25, 0.3) is 5.91 Å². The number of aryl methyl sites for hydroxylation is 1. The second kappa shape index (κ2) is 11.6. The van der Waals surface area contributed by atoms with E-state index in [0.717, 1.165) is 15.7 Å². The van der Waals surface area contributed by atoms with E-state index in [1.54, 1.807) is 12.1 Å². The van der Waals surface area contributed by atoms with E-state index in [1.807, 2.05) is 47.2 Å². The summed E-state index contributed by atoms with van der Waals surface area (Å²) in [5, 5.41) is 9.96. The normalized spacial score (nSPS) is 13.2. The van der Waals surface area contributed by atoms with E-state index >= 15 is 0 Å². The largest absolute Gasteiger partial charge is 0.353 e. The van der Waals surface area contributed by atoms with Crippen LogP contribution in [0.2, 0.25) is 0 Å². The molecule has 7 nitrogen and oxygen atoms in total. The number of carbonyl (C=O) groups is 2. The topological polar surface area (TPSA) is 67.9 Å². The minimum atomic E-state index is -0.105. The van der Waals surface area contributed by atoms with E-state index in [0.29, 0.717) is 32.2 Å². The molecule has 8 heteroatoms. The van der Waals surface area contributed by atoms with Crippen LogP contribution in [-0.4, -0.2) is 61.1 Å². The van der Waals surface area contributed by atoms with E-state index in [2.05, 4.69) is 52.5 Å². The Morgan fingerprint density at radius 3 is 2.33 bits per heavy atom. The Kier molecular flexibility index (Phi) is 8.88. The number of amides is 2. The minimum absolute atomic E-state index is 0.0561. The Bertz CT molecular complexity index is 956. The zero-order valence-electron chi connectivity index (χ0n) is 19.9. The molecule has 0 fully saturated rings. The molecule has 3 rings (SSSR count). The molecule has 0 radical (unpaired) electrons. The van der Waals surface area contributed by atoms with Gasteiger partial charge in [-0.15, -0.1) is 0 Å². The van der Waals surface area contributed by atoms with Gasteiger partial charge in [-0.25, -0.2) is 5.01 Å². The lowest BCUT2D eigenvalue weighted by atomic mass is 10.1. The number of nitrogens with zero attached hydrogens (tertiary/aromatic N) is 3. The van der Waals surface area contributed by atoms with Crippen LogP contribution in [0.15, 0.2) is 46.9 Å². The third-order valence-electron chi connectivity index (χ3n) is 5.77. The summed E-state index contributed by atoms with van der Waals surface area (Å²) in [6, 6.07) is 14.5. The van der Waals surface area contributed by atoms with Crippen molar-refractivity contribution in [2.24, 2.45) is 0 Å². The fourth-order valence-corrected chi connectivity index (χ4v) is 4.42. The number of hydrogen-bond donors (Lipinski definition) is 2. The average Bonchev–Trinajstić information content (AvgIpc) is 3.20. The van der Waals surface area contributed by atoms with Gasteiger partial charge in [0.2, 0.25) is 5.91 Å². The zero-order chi connectivity index (χ0) is 24.0.